The van der Waals surface area contributed by atoms with Crippen molar-refractivity contribution in [1.82, 2.24) is 9.80 Å². The van der Waals surface area contributed by atoms with Crippen molar-refractivity contribution in [2.24, 2.45) is 0 Å². The van der Waals surface area contributed by atoms with Gasteiger partial charge in [-0.25, -0.2) is 0 Å². The number of methoxy groups -OCH3 is 1. The second-order valence-electron chi connectivity index (χ2n) is 7.72. The number of nitrogens with zero attached hydrogens (tertiary/aromatic N) is 2. The molecule has 7 nitrogen and oxygen atoms in total. The Morgan fingerprint density at radius 2 is 1.87 bits per heavy atom. The number of rotatable bonds is 7. The van der Waals surface area contributed by atoms with Crippen LogP contribution in [0.3, 0.4) is 0 Å². The molecule has 0 saturated heterocycles. The second-order valence-corrected chi connectivity index (χ2v) is 7.72. The molecule has 0 radical (unpaired) electrons. The fraction of sp³-hybridized carbons (Fsp3) is 0.250. The van der Waals surface area contributed by atoms with Gasteiger partial charge in [-0.2, -0.15) is 0 Å². The molecule has 1 aromatic heterocycles. The average molecular weight is 420 g/mol. The van der Waals surface area contributed by atoms with Crippen LogP contribution in [0.1, 0.15) is 22.2 Å². The summed E-state index contributed by atoms with van der Waals surface area (Å²) in [5.74, 6) is -0.864. The Hall–Kier alpha value is -3.58. The zero-order valence-electron chi connectivity index (χ0n) is 17.7. The standard InChI is InChI=1S/C24H24N2O5/c1-25(2)12-13-26-21(15-8-10-17(30-3)11-9-15)20(23(28)24(26)29)22(27)19-14-16-6-4-5-7-18(16)31-19/h4-11,14,21,28H,12-13H2,1-3H3/t21-/m1/s1. The number of likely N-dealkylation sites (N-methyl/N-ethyl adjacent to an activating group) is 1. The smallest absolute Gasteiger partial charge is 0.290 e. The van der Waals surface area contributed by atoms with Crippen molar-refractivity contribution in [2.75, 3.05) is 34.3 Å². The van der Waals surface area contributed by atoms with Crippen molar-refractivity contribution in [3.8, 4) is 5.75 Å². The van der Waals surface area contributed by atoms with Crippen LogP contribution in [0.15, 0.2) is 70.3 Å². The van der Waals surface area contributed by atoms with Crippen LogP contribution in [0.2, 0.25) is 0 Å². The van der Waals surface area contributed by atoms with Gasteiger partial charge in [-0.3, -0.25) is 9.59 Å². The summed E-state index contributed by atoms with van der Waals surface area (Å²) in [6.45, 7) is 0.932. The van der Waals surface area contributed by atoms with Crippen LogP contribution in [0, 0.1) is 0 Å². The molecule has 3 aromatic rings. The number of ether oxygens (including phenoxy) is 1. The van der Waals surface area contributed by atoms with Crippen LogP contribution < -0.4 is 4.74 Å². The van der Waals surface area contributed by atoms with E-state index in [0.717, 1.165) is 5.39 Å². The summed E-state index contributed by atoms with van der Waals surface area (Å²) >= 11 is 0. The van der Waals surface area contributed by atoms with Gasteiger partial charge in [-0.1, -0.05) is 30.3 Å². The van der Waals surface area contributed by atoms with Crippen molar-refractivity contribution in [3.63, 3.8) is 0 Å². The van der Waals surface area contributed by atoms with Gasteiger partial charge in [0.2, 0.25) is 5.78 Å². The van der Waals surface area contributed by atoms with Crippen LogP contribution in [-0.4, -0.2) is 60.9 Å². The highest BCUT2D eigenvalue weighted by Crippen LogP contribution is 2.39. The van der Waals surface area contributed by atoms with Crippen LogP contribution in [0.25, 0.3) is 11.0 Å². The topological polar surface area (TPSA) is 83.2 Å². The van der Waals surface area contributed by atoms with Crippen LogP contribution in [0.5, 0.6) is 5.75 Å². The highest BCUT2D eigenvalue weighted by Gasteiger charge is 2.44. The van der Waals surface area contributed by atoms with E-state index >= 15 is 0 Å². The van der Waals surface area contributed by atoms with E-state index in [2.05, 4.69) is 0 Å². The largest absolute Gasteiger partial charge is 0.503 e. The van der Waals surface area contributed by atoms with Crippen molar-refractivity contribution < 1.29 is 23.8 Å². The van der Waals surface area contributed by atoms with E-state index in [4.69, 9.17) is 9.15 Å². The maximum absolute atomic E-state index is 13.4. The fourth-order valence-electron chi connectivity index (χ4n) is 3.78. The number of aliphatic hydroxyl groups excluding tert-OH is 1. The highest BCUT2D eigenvalue weighted by atomic mass is 16.5. The first-order chi connectivity index (χ1) is 14.9. The lowest BCUT2D eigenvalue weighted by molar-refractivity contribution is -0.129. The van der Waals surface area contributed by atoms with Gasteiger partial charge < -0.3 is 24.1 Å². The summed E-state index contributed by atoms with van der Waals surface area (Å²) in [6, 6.07) is 15.3. The van der Waals surface area contributed by atoms with Crippen LogP contribution in [0.4, 0.5) is 0 Å². The number of Topliss-reactive ketones (excluding diaryl/α,β-unsaturated/α-hetero) is 1. The van der Waals surface area contributed by atoms with E-state index in [9.17, 15) is 14.7 Å². The van der Waals surface area contributed by atoms with Gasteiger partial charge in [0, 0.05) is 18.5 Å². The normalized spacial score (nSPS) is 16.6. The Bertz CT molecular complexity index is 1130. The zero-order chi connectivity index (χ0) is 22.1. The summed E-state index contributed by atoms with van der Waals surface area (Å²) in [7, 11) is 5.37. The number of ketones is 1. The van der Waals surface area contributed by atoms with Crippen molar-refractivity contribution in [2.45, 2.75) is 6.04 Å². The Morgan fingerprint density at radius 1 is 1.16 bits per heavy atom. The summed E-state index contributed by atoms with van der Waals surface area (Å²) in [5, 5.41) is 11.5. The molecule has 4 rings (SSSR count). The maximum atomic E-state index is 13.4. The van der Waals surface area contributed by atoms with Gasteiger partial charge in [0.25, 0.3) is 5.91 Å². The molecule has 0 bridgehead atoms. The van der Waals surface area contributed by atoms with Gasteiger partial charge >= 0.3 is 0 Å². The lowest BCUT2D eigenvalue weighted by atomic mass is 9.95. The molecule has 1 amide bonds. The number of fused-ring (bicyclic) bond motifs is 1. The first-order valence-corrected chi connectivity index (χ1v) is 9.96. The van der Waals surface area contributed by atoms with E-state index in [0.29, 0.717) is 30.0 Å². The highest BCUT2D eigenvalue weighted by molar-refractivity contribution is 6.16. The van der Waals surface area contributed by atoms with Crippen molar-refractivity contribution >= 4 is 22.7 Å². The summed E-state index contributed by atoms with van der Waals surface area (Å²) in [4.78, 5) is 29.8. The van der Waals surface area contributed by atoms with Gasteiger partial charge in [0.1, 0.15) is 11.3 Å². The molecule has 0 saturated carbocycles. The third kappa shape index (κ3) is 3.80. The van der Waals surface area contributed by atoms with E-state index in [1.165, 1.54) is 4.90 Å². The minimum absolute atomic E-state index is 0.0213. The number of para-hydroxylation sites is 1. The Morgan fingerprint density at radius 3 is 2.52 bits per heavy atom. The molecule has 0 fully saturated rings. The Labute approximate surface area is 180 Å². The van der Waals surface area contributed by atoms with Gasteiger partial charge in [0.15, 0.2) is 11.5 Å². The fourth-order valence-corrected chi connectivity index (χ4v) is 3.78. The van der Waals surface area contributed by atoms with Crippen molar-refractivity contribution in [1.29, 1.82) is 0 Å². The predicted molar refractivity (Wildman–Crippen MR) is 116 cm³/mol. The minimum Gasteiger partial charge on any atom is -0.503 e. The quantitative estimate of drug-likeness (QED) is 0.589. The summed E-state index contributed by atoms with van der Waals surface area (Å²) in [5.41, 5.74) is 1.30. The van der Waals surface area contributed by atoms with E-state index in [1.54, 1.807) is 43.5 Å². The molecular weight excluding hydrogens is 396 g/mol. The molecule has 7 heteroatoms. The predicted octanol–water partition coefficient (Wildman–Crippen LogP) is 3.58. The van der Waals surface area contributed by atoms with Gasteiger partial charge in [-0.15, -0.1) is 0 Å². The first kappa shape index (κ1) is 20.7. The number of carbonyl (C=O) groups is 2. The molecule has 0 aliphatic carbocycles. The molecule has 1 aliphatic heterocycles. The van der Waals surface area contributed by atoms with Crippen LogP contribution in [-0.2, 0) is 4.79 Å². The lowest BCUT2D eigenvalue weighted by Crippen LogP contribution is -2.36. The molecule has 2 heterocycles. The molecule has 0 unspecified atom stereocenters. The second kappa shape index (κ2) is 8.28. The van der Waals surface area contributed by atoms with E-state index in [-0.39, 0.29) is 11.3 Å². The molecule has 31 heavy (non-hydrogen) atoms. The molecule has 1 aliphatic rings. The molecule has 1 N–H and O–H groups in total. The Kier molecular flexibility index (Phi) is 5.52. The first-order valence-electron chi connectivity index (χ1n) is 9.96. The Balaban J connectivity index is 1.77. The van der Waals surface area contributed by atoms with E-state index in [1.807, 2.05) is 37.2 Å². The molecular formula is C24H24N2O5. The van der Waals surface area contributed by atoms with Crippen LogP contribution >= 0.6 is 0 Å². The monoisotopic (exact) mass is 420 g/mol. The number of hydrogen-bond acceptors (Lipinski definition) is 6. The maximum Gasteiger partial charge on any atom is 0.290 e. The third-order valence-corrected chi connectivity index (χ3v) is 5.42. The minimum atomic E-state index is -0.723. The molecule has 0 spiro atoms. The van der Waals surface area contributed by atoms with Gasteiger partial charge in [-0.05, 0) is 43.9 Å². The third-order valence-electron chi connectivity index (χ3n) is 5.42. The van der Waals surface area contributed by atoms with Crippen molar-refractivity contribution in [3.05, 3.63) is 77.3 Å². The number of benzene rings is 2. The van der Waals surface area contributed by atoms with Gasteiger partial charge in [0.05, 0.1) is 18.7 Å². The summed E-state index contributed by atoms with van der Waals surface area (Å²) in [6.07, 6.45) is 0. The SMILES string of the molecule is COc1ccc([C@@H]2C(C(=O)c3cc4ccccc4o3)=C(O)C(=O)N2CCN(C)C)cc1. The number of aliphatic hydroxyl groups is 1. The number of amides is 1. The zero-order valence-corrected chi connectivity index (χ0v) is 17.7. The number of hydrogen-bond donors (Lipinski definition) is 1. The summed E-state index contributed by atoms with van der Waals surface area (Å²) < 4.78 is 11.0. The number of furan rings is 1. The lowest BCUT2D eigenvalue weighted by Gasteiger charge is -2.28. The number of carbonyl (C=O) groups excluding carboxylic acids is 2. The molecule has 160 valence electrons. The average Bonchev–Trinajstić information content (AvgIpc) is 3.31. The van der Waals surface area contributed by atoms with E-state index < -0.39 is 23.5 Å². The molecule has 1 atom stereocenters. The molecule has 2 aromatic carbocycles.